The summed E-state index contributed by atoms with van der Waals surface area (Å²) < 4.78 is 11.3. The molecule has 4 aromatic rings. The van der Waals surface area contributed by atoms with E-state index in [0.717, 1.165) is 16.3 Å². The topological polar surface area (TPSA) is 68.5 Å². The molecule has 7 heteroatoms. The van der Waals surface area contributed by atoms with Crippen molar-refractivity contribution < 1.29 is 14.1 Å². The fourth-order valence-electron chi connectivity index (χ4n) is 3.28. The Morgan fingerprint density at radius 3 is 2.58 bits per heavy atom. The van der Waals surface area contributed by atoms with Gasteiger partial charge in [0.1, 0.15) is 5.75 Å². The van der Waals surface area contributed by atoms with Crippen LogP contribution in [-0.2, 0) is 11.3 Å². The maximum absolute atomic E-state index is 13.0. The molecule has 0 aliphatic carbocycles. The highest BCUT2D eigenvalue weighted by Gasteiger charge is 2.24. The maximum atomic E-state index is 13.0. The van der Waals surface area contributed by atoms with Crippen LogP contribution < -0.4 is 4.74 Å². The Morgan fingerprint density at radius 1 is 1.10 bits per heavy atom. The fourth-order valence-corrected chi connectivity index (χ4v) is 3.40. The number of hydrogen-bond acceptors (Lipinski definition) is 5. The van der Waals surface area contributed by atoms with E-state index in [1.807, 2.05) is 61.5 Å². The third-order valence-corrected chi connectivity index (χ3v) is 5.22. The van der Waals surface area contributed by atoms with E-state index in [4.69, 9.17) is 20.9 Å². The van der Waals surface area contributed by atoms with Gasteiger partial charge in [0.25, 0.3) is 5.91 Å². The van der Waals surface area contributed by atoms with Gasteiger partial charge in [0, 0.05) is 17.6 Å². The number of rotatable bonds is 7. The number of hydrogen-bond donors (Lipinski definition) is 0. The molecule has 0 fully saturated rings. The molecule has 0 spiro atoms. The molecule has 0 aliphatic rings. The van der Waals surface area contributed by atoms with E-state index in [2.05, 4.69) is 10.1 Å². The highest BCUT2D eigenvalue weighted by molar-refractivity contribution is 6.30. The lowest BCUT2D eigenvalue weighted by Crippen LogP contribution is -2.39. The van der Waals surface area contributed by atoms with E-state index in [1.165, 1.54) is 4.90 Å². The first-order valence-electron chi connectivity index (χ1n) is 10.0. The zero-order valence-electron chi connectivity index (χ0n) is 17.3. The molecule has 0 N–H and O–H groups in total. The summed E-state index contributed by atoms with van der Waals surface area (Å²) in [6, 6.07) is 21.0. The van der Waals surface area contributed by atoms with E-state index >= 15 is 0 Å². The van der Waals surface area contributed by atoms with E-state index in [-0.39, 0.29) is 12.5 Å². The molecule has 1 atom stereocenters. The third-order valence-electron chi connectivity index (χ3n) is 4.96. The number of ether oxygens (including phenoxy) is 1. The largest absolute Gasteiger partial charge is 0.481 e. The number of fused-ring (bicyclic) bond motifs is 1. The molecule has 31 heavy (non-hydrogen) atoms. The van der Waals surface area contributed by atoms with Gasteiger partial charge in [-0.05, 0) is 53.6 Å². The molecule has 3 aromatic carbocycles. The fraction of sp³-hybridized carbons (Fsp3) is 0.208. The summed E-state index contributed by atoms with van der Waals surface area (Å²) in [6.07, 6.45) is -0.0691. The molecule has 1 unspecified atom stereocenters. The summed E-state index contributed by atoms with van der Waals surface area (Å²) in [7, 11) is 1.70. The van der Waals surface area contributed by atoms with Crippen LogP contribution in [0.15, 0.2) is 71.3 Å². The smallest absolute Gasteiger partial charge is 0.263 e. The molecule has 0 bridgehead atoms. The summed E-state index contributed by atoms with van der Waals surface area (Å²) in [5.41, 5.74) is 0.791. The molecule has 0 radical (unpaired) electrons. The second kappa shape index (κ2) is 9.18. The Balaban J connectivity index is 1.42. The highest BCUT2D eigenvalue weighted by atomic mass is 35.5. The van der Waals surface area contributed by atoms with Gasteiger partial charge in [0.05, 0.1) is 6.54 Å². The lowest BCUT2D eigenvalue weighted by atomic mass is 10.1. The molecule has 1 amide bonds. The zero-order chi connectivity index (χ0) is 21.8. The Labute approximate surface area is 185 Å². The summed E-state index contributed by atoms with van der Waals surface area (Å²) >= 11 is 5.92. The normalized spacial score (nSPS) is 12.0. The van der Waals surface area contributed by atoms with Crippen molar-refractivity contribution in [2.24, 2.45) is 0 Å². The Kier molecular flexibility index (Phi) is 6.18. The molecule has 0 aliphatic heterocycles. The highest BCUT2D eigenvalue weighted by Crippen LogP contribution is 2.23. The Bertz CT molecular complexity index is 1190. The first-order valence-corrected chi connectivity index (χ1v) is 10.4. The van der Waals surface area contributed by atoms with Crippen molar-refractivity contribution in [3.05, 3.63) is 77.6 Å². The molecule has 1 heterocycles. The van der Waals surface area contributed by atoms with Gasteiger partial charge in [0.2, 0.25) is 11.7 Å². The van der Waals surface area contributed by atoms with Gasteiger partial charge >= 0.3 is 0 Å². The van der Waals surface area contributed by atoms with Gasteiger partial charge < -0.3 is 14.2 Å². The maximum Gasteiger partial charge on any atom is 0.263 e. The van der Waals surface area contributed by atoms with Crippen molar-refractivity contribution in [3.8, 4) is 17.1 Å². The average molecular weight is 436 g/mol. The average Bonchev–Trinajstić information content (AvgIpc) is 3.25. The lowest BCUT2D eigenvalue weighted by molar-refractivity contribution is -0.138. The van der Waals surface area contributed by atoms with Crippen LogP contribution >= 0.6 is 11.6 Å². The van der Waals surface area contributed by atoms with Crippen LogP contribution in [0.25, 0.3) is 22.2 Å². The first kappa shape index (κ1) is 20.9. The Hall–Kier alpha value is -3.38. The predicted molar refractivity (Wildman–Crippen MR) is 120 cm³/mol. The van der Waals surface area contributed by atoms with E-state index in [1.54, 1.807) is 19.2 Å². The Morgan fingerprint density at radius 2 is 1.84 bits per heavy atom. The van der Waals surface area contributed by atoms with Crippen LogP contribution in [0.1, 0.15) is 19.2 Å². The van der Waals surface area contributed by atoms with E-state index < -0.39 is 6.10 Å². The zero-order valence-corrected chi connectivity index (χ0v) is 18.0. The SMILES string of the molecule is CCC(Oc1ccc2ccccc2c1)C(=O)N(C)Cc1nc(-c2ccc(Cl)cc2)no1. The second-order valence-electron chi connectivity index (χ2n) is 7.24. The van der Waals surface area contributed by atoms with Crippen LogP contribution in [0.4, 0.5) is 0 Å². The molecule has 0 saturated heterocycles. The minimum absolute atomic E-state index is 0.151. The molecule has 0 saturated carbocycles. The van der Waals surface area contributed by atoms with Crippen LogP contribution in [-0.4, -0.2) is 34.1 Å². The van der Waals surface area contributed by atoms with Crippen molar-refractivity contribution in [3.63, 3.8) is 0 Å². The number of carbonyl (C=O) groups is 1. The van der Waals surface area contributed by atoms with Gasteiger partial charge in [-0.25, -0.2) is 0 Å². The molecule has 6 nitrogen and oxygen atoms in total. The number of halogens is 1. The van der Waals surface area contributed by atoms with Crippen LogP contribution in [0.2, 0.25) is 5.02 Å². The van der Waals surface area contributed by atoms with E-state index in [9.17, 15) is 4.79 Å². The standard InChI is InChI=1S/C24H22ClN3O3/c1-3-21(30-20-13-10-16-6-4-5-7-18(16)14-20)24(29)28(2)15-22-26-23(27-31-22)17-8-11-19(25)12-9-17/h4-14,21H,3,15H2,1-2H3. The number of aromatic nitrogens is 2. The molecular formula is C24H22ClN3O3. The second-order valence-corrected chi connectivity index (χ2v) is 7.67. The minimum atomic E-state index is -0.607. The van der Waals surface area contributed by atoms with Crippen molar-refractivity contribution in [1.82, 2.24) is 15.0 Å². The van der Waals surface area contributed by atoms with Crippen molar-refractivity contribution in [1.29, 1.82) is 0 Å². The van der Waals surface area contributed by atoms with Gasteiger partial charge in [-0.15, -0.1) is 0 Å². The number of amides is 1. The number of carbonyl (C=O) groups excluding carboxylic acids is 1. The van der Waals surface area contributed by atoms with Gasteiger partial charge in [-0.1, -0.05) is 54.0 Å². The van der Waals surface area contributed by atoms with Crippen molar-refractivity contribution >= 4 is 28.3 Å². The van der Waals surface area contributed by atoms with Crippen molar-refractivity contribution in [2.45, 2.75) is 26.0 Å². The summed E-state index contributed by atoms with van der Waals surface area (Å²) in [6.45, 7) is 2.11. The number of benzene rings is 3. The molecule has 158 valence electrons. The summed E-state index contributed by atoms with van der Waals surface area (Å²) in [5.74, 6) is 1.31. The van der Waals surface area contributed by atoms with Gasteiger partial charge in [-0.2, -0.15) is 4.98 Å². The van der Waals surface area contributed by atoms with Crippen LogP contribution in [0, 0.1) is 0 Å². The summed E-state index contributed by atoms with van der Waals surface area (Å²) in [5, 5.41) is 6.82. The first-order chi connectivity index (χ1) is 15.0. The van der Waals surface area contributed by atoms with Crippen molar-refractivity contribution in [2.75, 3.05) is 7.05 Å². The quantitative estimate of drug-likeness (QED) is 0.391. The molecule has 4 rings (SSSR count). The monoisotopic (exact) mass is 435 g/mol. The summed E-state index contributed by atoms with van der Waals surface area (Å²) in [4.78, 5) is 18.9. The predicted octanol–water partition coefficient (Wildman–Crippen LogP) is 5.36. The van der Waals surface area contributed by atoms with Gasteiger partial charge in [-0.3, -0.25) is 4.79 Å². The number of likely N-dealkylation sites (N-methyl/N-ethyl adjacent to an activating group) is 1. The van der Waals surface area contributed by atoms with E-state index in [0.29, 0.717) is 28.9 Å². The third kappa shape index (κ3) is 4.86. The minimum Gasteiger partial charge on any atom is -0.481 e. The molecular weight excluding hydrogens is 414 g/mol. The van der Waals surface area contributed by atoms with Crippen LogP contribution in [0.3, 0.4) is 0 Å². The van der Waals surface area contributed by atoms with Crippen LogP contribution in [0.5, 0.6) is 5.75 Å². The van der Waals surface area contributed by atoms with Gasteiger partial charge in [0.15, 0.2) is 6.10 Å². The number of nitrogens with zero attached hydrogens (tertiary/aromatic N) is 3. The molecule has 1 aromatic heterocycles. The lowest BCUT2D eigenvalue weighted by Gasteiger charge is -2.22.